The Bertz CT molecular complexity index is 426. The molecule has 17 heavy (non-hydrogen) atoms. The molecule has 1 aromatic carbocycles. The van der Waals surface area contributed by atoms with Crippen molar-refractivity contribution in [1.29, 1.82) is 0 Å². The molecule has 2 rings (SSSR count). The van der Waals surface area contributed by atoms with Crippen molar-refractivity contribution in [2.75, 3.05) is 20.8 Å². The summed E-state index contributed by atoms with van der Waals surface area (Å²) < 4.78 is 10.9. The van der Waals surface area contributed by atoms with Crippen LogP contribution >= 0.6 is 0 Å². The second-order valence-corrected chi connectivity index (χ2v) is 5.17. The highest BCUT2D eigenvalue weighted by atomic mass is 16.5. The molecule has 94 valence electrons. The van der Waals surface area contributed by atoms with Gasteiger partial charge in [0.2, 0.25) is 0 Å². The molecule has 0 amide bonds. The molecule has 0 saturated carbocycles. The van der Waals surface area contributed by atoms with Crippen LogP contribution in [0.25, 0.3) is 0 Å². The molecule has 1 unspecified atom stereocenters. The third kappa shape index (κ3) is 1.89. The maximum absolute atomic E-state index is 5.56. The summed E-state index contributed by atoms with van der Waals surface area (Å²) in [5.74, 6) is 2.35. The molecule has 1 heterocycles. The minimum atomic E-state index is 0.147. The predicted molar refractivity (Wildman–Crippen MR) is 69.1 cm³/mol. The van der Waals surface area contributed by atoms with E-state index >= 15 is 0 Å². The topological polar surface area (TPSA) is 30.5 Å². The Hall–Kier alpha value is -1.22. The van der Waals surface area contributed by atoms with Crippen LogP contribution in [-0.2, 0) is 0 Å². The molecular weight excluding hydrogens is 214 g/mol. The van der Waals surface area contributed by atoms with Crippen LogP contribution in [0.4, 0.5) is 0 Å². The van der Waals surface area contributed by atoms with Gasteiger partial charge in [-0.25, -0.2) is 0 Å². The van der Waals surface area contributed by atoms with E-state index in [4.69, 9.17) is 9.47 Å². The lowest BCUT2D eigenvalue weighted by molar-refractivity contribution is 0.203. The van der Waals surface area contributed by atoms with Crippen molar-refractivity contribution in [2.24, 2.45) is 0 Å². The summed E-state index contributed by atoms with van der Waals surface area (Å²) in [6.45, 7) is 7.50. The Morgan fingerprint density at radius 2 is 1.94 bits per heavy atom. The van der Waals surface area contributed by atoms with Gasteiger partial charge >= 0.3 is 0 Å². The van der Waals surface area contributed by atoms with Crippen LogP contribution < -0.4 is 14.8 Å². The molecule has 0 aromatic heterocycles. The minimum Gasteiger partial charge on any atom is -0.496 e. The van der Waals surface area contributed by atoms with Gasteiger partial charge in [0.05, 0.1) is 14.2 Å². The average molecular weight is 235 g/mol. The summed E-state index contributed by atoms with van der Waals surface area (Å²) in [5.41, 5.74) is 2.50. The minimum absolute atomic E-state index is 0.147. The van der Waals surface area contributed by atoms with E-state index in [1.54, 1.807) is 14.2 Å². The number of ether oxygens (including phenoxy) is 2. The lowest BCUT2D eigenvalue weighted by atomic mass is 9.74. The molecule has 1 aliphatic heterocycles. The lowest BCUT2D eigenvalue weighted by Crippen LogP contribution is -2.59. The predicted octanol–water partition coefficient (Wildman–Crippen LogP) is 2.48. The van der Waals surface area contributed by atoms with Crippen LogP contribution in [0.2, 0.25) is 0 Å². The summed E-state index contributed by atoms with van der Waals surface area (Å²) >= 11 is 0. The zero-order chi connectivity index (χ0) is 12.6. The molecular formula is C14H21NO2. The number of hydrogen-bond donors (Lipinski definition) is 1. The van der Waals surface area contributed by atoms with Crippen LogP contribution in [0, 0.1) is 6.92 Å². The summed E-state index contributed by atoms with van der Waals surface area (Å²) in [6, 6.07) is 4.15. The second-order valence-electron chi connectivity index (χ2n) is 5.17. The smallest absolute Gasteiger partial charge is 0.129 e. The van der Waals surface area contributed by atoms with E-state index in [1.165, 1.54) is 5.56 Å². The first kappa shape index (κ1) is 12.2. The van der Waals surface area contributed by atoms with Gasteiger partial charge in [-0.1, -0.05) is 6.07 Å². The Balaban J connectivity index is 2.45. The summed E-state index contributed by atoms with van der Waals surface area (Å²) in [4.78, 5) is 0. The van der Waals surface area contributed by atoms with Crippen LogP contribution in [0.3, 0.4) is 0 Å². The van der Waals surface area contributed by atoms with Gasteiger partial charge in [0.25, 0.3) is 0 Å². The third-order valence-electron chi connectivity index (χ3n) is 3.82. The standard InChI is InChI=1S/C14H21NO2/c1-9-12(16-4)7-6-10(13(9)17-5)11-8-15-14(11,2)3/h6-7,11,15H,8H2,1-5H3. The largest absolute Gasteiger partial charge is 0.496 e. The van der Waals surface area contributed by atoms with Crippen molar-refractivity contribution in [3.8, 4) is 11.5 Å². The molecule has 0 radical (unpaired) electrons. The van der Waals surface area contributed by atoms with Gasteiger partial charge in [-0.3, -0.25) is 0 Å². The van der Waals surface area contributed by atoms with Crippen LogP contribution in [-0.4, -0.2) is 26.3 Å². The Morgan fingerprint density at radius 1 is 1.24 bits per heavy atom. The Morgan fingerprint density at radius 3 is 2.35 bits per heavy atom. The molecule has 1 saturated heterocycles. The van der Waals surface area contributed by atoms with Gasteiger partial charge in [0, 0.05) is 29.1 Å². The van der Waals surface area contributed by atoms with Gasteiger partial charge in [-0.15, -0.1) is 0 Å². The molecule has 3 nitrogen and oxygen atoms in total. The van der Waals surface area contributed by atoms with Gasteiger partial charge in [-0.05, 0) is 26.8 Å². The molecule has 1 N–H and O–H groups in total. The second kappa shape index (κ2) is 4.22. The first-order valence-corrected chi connectivity index (χ1v) is 5.97. The molecule has 0 bridgehead atoms. The van der Waals surface area contributed by atoms with Crippen LogP contribution in [0.1, 0.15) is 30.9 Å². The number of hydrogen-bond acceptors (Lipinski definition) is 3. The van der Waals surface area contributed by atoms with Gasteiger partial charge < -0.3 is 14.8 Å². The molecule has 3 heteroatoms. The van der Waals surface area contributed by atoms with E-state index in [2.05, 4.69) is 25.2 Å². The summed E-state index contributed by atoms with van der Waals surface area (Å²) in [5, 5.41) is 3.45. The molecule has 0 aliphatic carbocycles. The van der Waals surface area contributed by atoms with E-state index in [-0.39, 0.29) is 5.54 Å². The zero-order valence-corrected chi connectivity index (χ0v) is 11.3. The third-order valence-corrected chi connectivity index (χ3v) is 3.82. The Labute approximate surface area is 103 Å². The molecule has 1 atom stereocenters. The number of nitrogens with one attached hydrogen (secondary N) is 1. The van der Waals surface area contributed by atoms with E-state index in [0.717, 1.165) is 23.6 Å². The van der Waals surface area contributed by atoms with Crippen molar-refractivity contribution in [1.82, 2.24) is 5.32 Å². The number of benzene rings is 1. The number of rotatable bonds is 3. The fourth-order valence-corrected chi connectivity index (χ4v) is 2.57. The SMILES string of the molecule is COc1ccc(C2CNC2(C)C)c(OC)c1C. The highest BCUT2D eigenvalue weighted by molar-refractivity contribution is 5.52. The molecule has 1 fully saturated rings. The first-order chi connectivity index (χ1) is 8.01. The fraction of sp³-hybridized carbons (Fsp3) is 0.571. The monoisotopic (exact) mass is 235 g/mol. The maximum atomic E-state index is 5.56. The van der Waals surface area contributed by atoms with Gasteiger partial charge in [-0.2, -0.15) is 0 Å². The van der Waals surface area contributed by atoms with Crippen LogP contribution in [0.15, 0.2) is 12.1 Å². The summed E-state index contributed by atoms with van der Waals surface area (Å²) in [6.07, 6.45) is 0. The van der Waals surface area contributed by atoms with Crippen molar-refractivity contribution in [3.63, 3.8) is 0 Å². The Kier molecular flexibility index (Phi) is 3.04. The molecule has 0 spiro atoms. The van der Waals surface area contributed by atoms with E-state index in [1.807, 2.05) is 13.0 Å². The molecule has 1 aliphatic rings. The average Bonchev–Trinajstić information content (AvgIpc) is 2.28. The molecule has 1 aromatic rings. The highest BCUT2D eigenvalue weighted by Crippen LogP contribution is 2.42. The number of methoxy groups -OCH3 is 2. The van der Waals surface area contributed by atoms with Gasteiger partial charge in [0.1, 0.15) is 11.5 Å². The fourth-order valence-electron chi connectivity index (χ4n) is 2.57. The van der Waals surface area contributed by atoms with Crippen molar-refractivity contribution < 1.29 is 9.47 Å². The van der Waals surface area contributed by atoms with Gasteiger partial charge in [0.15, 0.2) is 0 Å². The van der Waals surface area contributed by atoms with Crippen molar-refractivity contribution in [2.45, 2.75) is 32.2 Å². The normalized spacial score (nSPS) is 21.8. The maximum Gasteiger partial charge on any atom is 0.129 e. The first-order valence-electron chi connectivity index (χ1n) is 5.97. The zero-order valence-electron chi connectivity index (χ0n) is 11.3. The van der Waals surface area contributed by atoms with Crippen LogP contribution in [0.5, 0.6) is 11.5 Å². The summed E-state index contributed by atoms with van der Waals surface area (Å²) in [7, 11) is 3.42. The van der Waals surface area contributed by atoms with Crippen molar-refractivity contribution >= 4 is 0 Å². The quantitative estimate of drug-likeness (QED) is 0.873. The van der Waals surface area contributed by atoms with Crippen molar-refractivity contribution in [3.05, 3.63) is 23.3 Å². The van der Waals surface area contributed by atoms with E-state index in [9.17, 15) is 0 Å². The van der Waals surface area contributed by atoms with E-state index in [0.29, 0.717) is 5.92 Å². The highest BCUT2D eigenvalue weighted by Gasteiger charge is 2.40. The van der Waals surface area contributed by atoms with E-state index < -0.39 is 0 Å². The lowest BCUT2D eigenvalue weighted by Gasteiger charge is -2.46.